The average molecular weight is 394 g/mol. The minimum absolute atomic E-state index is 0.224. The van der Waals surface area contributed by atoms with E-state index in [0.717, 1.165) is 5.56 Å². The Morgan fingerprint density at radius 3 is 2.55 bits per heavy atom. The first-order chi connectivity index (χ1) is 14.0. The number of para-hydroxylation sites is 1. The van der Waals surface area contributed by atoms with E-state index in [9.17, 15) is 9.59 Å². The molecule has 0 saturated carbocycles. The van der Waals surface area contributed by atoms with Crippen LogP contribution in [0.3, 0.4) is 0 Å². The maximum atomic E-state index is 12.8. The molecule has 29 heavy (non-hydrogen) atoms. The van der Waals surface area contributed by atoms with E-state index >= 15 is 0 Å². The lowest BCUT2D eigenvalue weighted by molar-refractivity contribution is -0.153. The molecule has 152 valence electrons. The third-order valence-electron chi connectivity index (χ3n) is 4.91. The van der Waals surface area contributed by atoms with Gasteiger partial charge in [-0.05, 0) is 25.0 Å². The molecule has 6 heteroatoms. The van der Waals surface area contributed by atoms with Gasteiger partial charge >= 0.3 is 12.0 Å². The van der Waals surface area contributed by atoms with Gasteiger partial charge in [0.15, 0.2) is 0 Å². The number of carbonyl (C=O) groups excluding carboxylic acids is 2. The summed E-state index contributed by atoms with van der Waals surface area (Å²) in [5.41, 5.74) is 2.03. The molecule has 3 atom stereocenters. The van der Waals surface area contributed by atoms with Crippen LogP contribution in [-0.4, -0.2) is 18.1 Å². The van der Waals surface area contributed by atoms with E-state index in [4.69, 9.17) is 9.47 Å². The third kappa shape index (κ3) is 4.96. The van der Waals surface area contributed by atoms with Gasteiger partial charge in [0.1, 0.15) is 18.3 Å². The maximum Gasteiger partial charge on any atom is 0.319 e. The molecule has 1 aliphatic rings. The minimum atomic E-state index is -0.761. The minimum Gasteiger partial charge on any atom is -0.489 e. The lowest BCUT2D eigenvalue weighted by atomic mass is 9.88. The molecule has 2 amide bonds. The van der Waals surface area contributed by atoms with Crippen LogP contribution in [0.2, 0.25) is 0 Å². The van der Waals surface area contributed by atoms with E-state index in [1.807, 2.05) is 68.4 Å². The topological polar surface area (TPSA) is 76.7 Å². The smallest absolute Gasteiger partial charge is 0.319 e. The van der Waals surface area contributed by atoms with E-state index in [1.54, 1.807) is 0 Å². The zero-order valence-corrected chi connectivity index (χ0v) is 16.7. The van der Waals surface area contributed by atoms with Gasteiger partial charge in [-0.1, -0.05) is 62.0 Å². The van der Waals surface area contributed by atoms with Gasteiger partial charge in [-0.25, -0.2) is 4.79 Å². The molecule has 1 fully saturated rings. The summed E-state index contributed by atoms with van der Waals surface area (Å²) in [6.07, 6.45) is 0.477. The van der Waals surface area contributed by atoms with Crippen LogP contribution in [-0.2, 0) is 16.1 Å². The van der Waals surface area contributed by atoms with E-state index < -0.39 is 24.0 Å². The van der Waals surface area contributed by atoms with Crippen molar-refractivity contribution in [2.24, 2.45) is 5.92 Å². The molecule has 1 aliphatic heterocycles. The lowest BCUT2D eigenvalue weighted by Crippen LogP contribution is -2.51. The molecule has 1 saturated heterocycles. The summed E-state index contributed by atoms with van der Waals surface area (Å²) in [4.78, 5) is 25.0. The largest absolute Gasteiger partial charge is 0.489 e. The van der Waals surface area contributed by atoms with E-state index in [1.165, 1.54) is 0 Å². The van der Waals surface area contributed by atoms with Gasteiger partial charge in [0.25, 0.3) is 0 Å². The Morgan fingerprint density at radius 2 is 1.83 bits per heavy atom. The summed E-state index contributed by atoms with van der Waals surface area (Å²) >= 11 is 0. The van der Waals surface area contributed by atoms with Crippen molar-refractivity contribution < 1.29 is 19.1 Å². The summed E-state index contributed by atoms with van der Waals surface area (Å²) in [5, 5.41) is 5.42. The monoisotopic (exact) mass is 394 g/mol. The standard InChI is InChI=1S/C23H26N2O4/c1-4-15(2)29-22(26)20-16(3)24-23(27)25-21(20)18-12-8-9-13-19(18)28-14-17-10-6-5-7-11-17/h5-13,15,20-21H,3-4,14H2,1-2H3,(H2,24,25,27). The summed E-state index contributed by atoms with van der Waals surface area (Å²) in [7, 11) is 0. The highest BCUT2D eigenvalue weighted by Crippen LogP contribution is 2.36. The molecule has 6 nitrogen and oxygen atoms in total. The van der Waals surface area contributed by atoms with Crippen LogP contribution in [0.5, 0.6) is 5.75 Å². The predicted molar refractivity (Wildman–Crippen MR) is 110 cm³/mol. The molecular weight excluding hydrogens is 368 g/mol. The number of benzene rings is 2. The first-order valence-electron chi connectivity index (χ1n) is 9.72. The third-order valence-corrected chi connectivity index (χ3v) is 4.91. The zero-order chi connectivity index (χ0) is 20.8. The van der Waals surface area contributed by atoms with E-state index in [0.29, 0.717) is 30.0 Å². The van der Waals surface area contributed by atoms with Gasteiger partial charge in [-0.2, -0.15) is 0 Å². The highest BCUT2D eigenvalue weighted by atomic mass is 16.5. The summed E-state index contributed by atoms with van der Waals surface area (Å²) in [6.45, 7) is 8.04. The normalized spacial score (nSPS) is 19.7. The van der Waals surface area contributed by atoms with Gasteiger partial charge in [-0.3, -0.25) is 4.79 Å². The fraction of sp³-hybridized carbons (Fsp3) is 0.304. The number of hydrogen-bond acceptors (Lipinski definition) is 4. The Kier molecular flexibility index (Phi) is 6.54. The van der Waals surface area contributed by atoms with Gasteiger partial charge in [0.2, 0.25) is 0 Å². The SMILES string of the molecule is C=C1NC(=O)NC(c2ccccc2OCc2ccccc2)C1C(=O)OC(C)CC. The lowest BCUT2D eigenvalue weighted by Gasteiger charge is -2.34. The highest BCUT2D eigenvalue weighted by Gasteiger charge is 2.40. The number of hydrogen-bond donors (Lipinski definition) is 2. The Hall–Kier alpha value is -3.28. The van der Waals surface area contributed by atoms with Crippen LogP contribution >= 0.6 is 0 Å². The molecule has 0 aliphatic carbocycles. The molecule has 3 unspecified atom stereocenters. The first kappa shape index (κ1) is 20.5. The molecule has 1 heterocycles. The van der Waals surface area contributed by atoms with E-state index in [-0.39, 0.29) is 6.10 Å². The summed E-state index contributed by atoms with van der Waals surface area (Å²) in [5.74, 6) is -0.597. The van der Waals surface area contributed by atoms with Crippen molar-refractivity contribution in [3.8, 4) is 5.75 Å². The van der Waals surface area contributed by atoms with Crippen LogP contribution in [0.25, 0.3) is 0 Å². The van der Waals surface area contributed by atoms with Gasteiger partial charge in [-0.15, -0.1) is 0 Å². The Morgan fingerprint density at radius 1 is 1.14 bits per heavy atom. The zero-order valence-electron chi connectivity index (χ0n) is 16.7. The number of amides is 2. The highest BCUT2D eigenvalue weighted by molar-refractivity contribution is 5.85. The molecule has 2 N–H and O–H groups in total. The number of nitrogens with one attached hydrogen (secondary N) is 2. The molecule has 2 aromatic carbocycles. The van der Waals surface area contributed by atoms with Crippen LogP contribution in [0.1, 0.15) is 37.4 Å². The maximum absolute atomic E-state index is 12.8. The fourth-order valence-corrected chi connectivity index (χ4v) is 3.18. The van der Waals surface area contributed by atoms with Crippen molar-refractivity contribution >= 4 is 12.0 Å². The molecule has 2 aromatic rings. The van der Waals surface area contributed by atoms with Crippen LogP contribution in [0, 0.1) is 5.92 Å². The number of rotatable bonds is 7. The first-order valence-corrected chi connectivity index (χ1v) is 9.72. The molecule has 3 rings (SSSR count). The number of carbonyl (C=O) groups is 2. The molecular formula is C23H26N2O4. The number of esters is 1. The molecule has 0 radical (unpaired) electrons. The Labute approximate surface area is 170 Å². The fourth-order valence-electron chi connectivity index (χ4n) is 3.18. The molecule has 0 bridgehead atoms. The van der Waals surface area contributed by atoms with Crippen molar-refractivity contribution in [2.45, 2.75) is 39.0 Å². The molecule has 0 spiro atoms. The average Bonchev–Trinajstić information content (AvgIpc) is 2.72. The molecule has 0 aromatic heterocycles. The second kappa shape index (κ2) is 9.28. The summed E-state index contributed by atoms with van der Waals surface area (Å²) in [6, 6.07) is 16.1. The van der Waals surface area contributed by atoms with E-state index in [2.05, 4.69) is 17.2 Å². The van der Waals surface area contributed by atoms with Crippen LogP contribution < -0.4 is 15.4 Å². The van der Waals surface area contributed by atoms with Crippen LogP contribution in [0.15, 0.2) is 66.9 Å². The summed E-state index contributed by atoms with van der Waals surface area (Å²) < 4.78 is 11.6. The van der Waals surface area contributed by atoms with Gasteiger partial charge in [0.05, 0.1) is 12.1 Å². The van der Waals surface area contributed by atoms with Crippen molar-refractivity contribution in [2.75, 3.05) is 0 Å². The Bertz CT molecular complexity index is 881. The van der Waals surface area contributed by atoms with Crippen molar-refractivity contribution in [1.82, 2.24) is 10.6 Å². The van der Waals surface area contributed by atoms with Crippen molar-refractivity contribution in [3.05, 3.63) is 78.0 Å². The van der Waals surface area contributed by atoms with Crippen molar-refractivity contribution in [3.63, 3.8) is 0 Å². The number of urea groups is 1. The van der Waals surface area contributed by atoms with Crippen LogP contribution in [0.4, 0.5) is 4.79 Å². The predicted octanol–water partition coefficient (Wildman–Crippen LogP) is 4.09. The number of ether oxygens (including phenoxy) is 2. The Balaban J connectivity index is 1.88. The second-order valence-electron chi connectivity index (χ2n) is 7.05. The van der Waals surface area contributed by atoms with Gasteiger partial charge < -0.3 is 20.1 Å². The van der Waals surface area contributed by atoms with Gasteiger partial charge in [0, 0.05) is 11.3 Å². The second-order valence-corrected chi connectivity index (χ2v) is 7.05. The quantitative estimate of drug-likeness (QED) is 0.694. The van der Waals surface area contributed by atoms with Crippen molar-refractivity contribution in [1.29, 1.82) is 0 Å².